The maximum atomic E-state index is 6.16. The third-order valence-electron chi connectivity index (χ3n) is 3.47. The van der Waals surface area contributed by atoms with Gasteiger partial charge in [-0.15, -0.1) is 0 Å². The summed E-state index contributed by atoms with van der Waals surface area (Å²) in [7, 11) is 0. The van der Waals surface area contributed by atoms with E-state index < -0.39 is 0 Å². The molecule has 1 aliphatic heterocycles. The van der Waals surface area contributed by atoms with Gasteiger partial charge in [0.2, 0.25) is 0 Å². The number of hydrogen-bond donors (Lipinski definition) is 1. The van der Waals surface area contributed by atoms with Crippen molar-refractivity contribution in [1.29, 1.82) is 0 Å². The first-order chi connectivity index (χ1) is 9.08. The van der Waals surface area contributed by atoms with Crippen molar-refractivity contribution in [3.05, 3.63) is 34.9 Å². The molecule has 0 saturated carbocycles. The SMILES string of the molecule is CC1CC(OC(CN)c2ccc(Cl)cc2)CC(C)O1. The molecule has 3 atom stereocenters. The number of rotatable bonds is 4. The molecule has 3 unspecified atom stereocenters. The summed E-state index contributed by atoms with van der Waals surface area (Å²) < 4.78 is 11.9. The summed E-state index contributed by atoms with van der Waals surface area (Å²) in [5.74, 6) is 0. The third-order valence-corrected chi connectivity index (χ3v) is 3.72. The molecule has 1 fully saturated rings. The quantitative estimate of drug-likeness (QED) is 0.922. The molecule has 1 aliphatic rings. The van der Waals surface area contributed by atoms with E-state index in [2.05, 4.69) is 13.8 Å². The van der Waals surface area contributed by atoms with Gasteiger partial charge < -0.3 is 15.2 Å². The van der Waals surface area contributed by atoms with E-state index in [1.165, 1.54) is 0 Å². The predicted molar refractivity (Wildman–Crippen MR) is 77.4 cm³/mol. The van der Waals surface area contributed by atoms with Crippen LogP contribution in [0.25, 0.3) is 0 Å². The average molecular weight is 284 g/mol. The summed E-state index contributed by atoms with van der Waals surface area (Å²) in [6, 6.07) is 7.70. The molecule has 0 radical (unpaired) electrons. The average Bonchev–Trinajstić information content (AvgIpc) is 2.36. The zero-order valence-electron chi connectivity index (χ0n) is 11.5. The Bertz CT molecular complexity index is 386. The lowest BCUT2D eigenvalue weighted by Crippen LogP contribution is -2.35. The molecule has 0 bridgehead atoms. The molecule has 1 aromatic carbocycles. The summed E-state index contributed by atoms with van der Waals surface area (Å²) in [6.45, 7) is 4.65. The van der Waals surface area contributed by atoms with Crippen molar-refractivity contribution in [2.45, 2.75) is 51.1 Å². The van der Waals surface area contributed by atoms with Crippen molar-refractivity contribution < 1.29 is 9.47 Å². The molecule has 1 aromatic rings. The number of hydrogen-bond acceptors (Lipinski definition) is 3. The van der Waals surface area contributed by atoms with Crippen molar-refractivity contribution >= 4 is 11.6 Å². The van der Waals surface area contributed by atoms with Gasteiger partial charge in [-0.3, -0.25) is 0 Å². The fourth-order valence-corrected chi connectivity index (χ4v) is 2.76. The third kappa shape index (κ3) is 4.18. The second-order valence-corrected chi connectivity index (χ2v) is 5.70. The smallest absolute Gasteiger partial charge is 0.0950 e. The second kappa shape index (κ2) is 6.71. The van der Waals surface area contributed by atoms with Crippen molar-refractivity contribution in [2.24, 2.45) is 5.73 Å². The normalized spacial score (nSPS) is 29.2. The lowest BCUT2D eigenvalue weighted by Gasteiger charge is -2.34. The van der Waals surface area contributed by atoms with E-state index in [-0.39, 0.29) is 24.4 Å². The standard InChI is InChI=1S/C15H22ClNO2/c1-10-7-14(8-11(2)18-10)19-15(9-17)12-3-5-13(16)6-4-12/h3-6,10-11,14-15H,7-9,17H2,1-2H3. The van der Waals surface area contributed by atoms with Crippen LogP contribution in [0.15, 0.2) is 24.3 Å². The molecule has 0 aromatic heterocycles. The van der Waals surface area contributed by atoms with Crippen LogP contribution in [0.5, 0.6) is 0 Å². The number of nitrogens with two attached hydrogens (primary N) is 1. The van der Waals surface area contributed by atoms with E-state index >= 15 is 0 Å². The van der Waals surface area contributed by atoms with Crippen LogP contribution in [0.4, 0.5) is 0 Å². The molecule has 2 rings (SSSR count). The molecule has 0 aliphatic carbocycles. The minimum Gasteiger partial charge on any atom is -0.375 e. The Kier molecular flexibility index (Phi) is 5.22. The van der Waals surface area contributed by atoms with Crippen LogP contribution in [0, 0.1) is 0 Å². The highest BCUT2D eigenvalue weighted by Crippen LogP contribution is 2.27. The van der Waals surface area contributed by atoms with Gasteiger partial charge in [0, 0.05) is 11.6 Å². The number of halogens is 1. The zero-order chi connectivity index (χ0) is 13.8. The number of benzene rings is 1. The van der Waals surface area contributed by atoms with Crippen LogP contribution >= 0.6 is 11.6 Å². The molecule has 0 amide bonds. The second-order valence-electron chi connectivity index (χ2n) is 5.26. The first-order valence-electron chi connectivity index (χ1n) is 6.85. The molecular formula is C15H22ClNO2. The van der Waals surface area contributed by atoms with Crippen LogP contribution in [-0.4, -0.2) is 24.9 Å². The van der Waals surface area contributed by atoms with Gasteiger partial charge >= 0.3 is 0 Å². The summed E-state index contributed by atoms with van der Waals surface area (Å²) in [4.78, 5) is 0. The maximum absolute atomic E-state index is 6.16. The first kappa shape index (κ1) is 14.8. The zero-order valence-corrected chi connectivity index (χ0v) is 12.3. The monoisotopic (exact) mass is 283 g/mol. The van der Waals surface area contributed by atoms with Crippen LogP contribution in [0.1, 0.15) is 38.4 Å². The summed E-state index contributed by atoms with van der Waals surface area (Å²) in [6.07, 6.45) is 2.49. The van der Waals surface area contributed by atoms with Crippen LogP contribution < -0.4 is 5.73 Å². The molecule has 19 heavy (non-hydrogen) atoms. The minimum atomic E-state index is -0.0697. The Balaban J connectivity index is 2.00. The Morgan fingerprint density at radius 2 is 1.84 bits per heavy atom. The molecule has 1 heterocycles. The van der Waals surface area contributed by atoms with Gasteiger partial charge in [-0.2, -0.15) is 0 Å². The summed E-state index contributed by atoms with van der Waals surface area (Å²) >= 11 is 5.90. The van der Waals surface area contributed by atoms with Crippen molar-refractivity contribution in [1.82, 2.24) is 0 Å². The fraction of sp³-hybridized carbons (Fsp3) is 0.600. The van der Waals surface area contributed by atoms with Gasteiger partial charge in [0.05, 0.1) is 24.4 Å². The highest BCUT2D eigenvalue weighted by atomic mass is 35.5. The van der Waals surface area contributed by atoms with Gasteiger partial charge in [-0.25, -0.2) is 0 Å². The topological polar surface area (TPSA) is 44.5 Å². The van der Waals surface area contributed by atoms with Crippen molar-refractivity contribution in [3.8, 4) is 0 Å². The van der Waals surface area contributed by atoms with Crippen LogP contribution in [0.2, 0.25) is 5.02 Å². The largest absolute Gasteiger partial charge is 0.375 e. The van der Waals surface area contributed by atoms with Gasteiger partial charge in [-0.05, 0) is 44.4 Å². The summed E-state index contributed by atoms with van der Waals surface area (Å²) in [5.41, 5.74) is 6.92. The van der Waals surface area contributed by atoms with Crippen molar-refractivity contribution in [2.75, 3.05) is 6.54 Å². The Morgan fingerprint density at radius 1 is 1.26 bits per heavy atom. The number of ether oxygens (including phenoxy) is 2. The molecule has 0 spiro atoms. The van der Waals surface area contributed by atoms with Gasteiger partial charge in [0.25, 0.3) is 0 Å². The Morgan fingerprint density at radius 3 is 2.37 bits per heavy atom. The lowest BCUT2D eigenvalue weighted by molar-refractivity contribution is -0.120. The molecule has 106 valence electrons. The first-order valence-corrected chi connectivity index (χ1v) is 7.22. The van der Waals surface area contributed by atoms with Gasteiger partial charge in [0.1, 0.15) is 0 Å². The minimum absolute atomic E-state index is 0.0697. The molecule has 2 N–H and O–H groups in total. The highest BCUT2D eigenvalue weighted by Gasteiger charge is 2.27. The van der Waals surface area contributed by atoms with E-state index in [0.717, 1.165) is 23.4 Å². The molecule has 3 nitrogen and oxygen atoms in total. The Hall–Kier alpha value is -0.610. The van der Waals surface area contributed by atoms with E-state index in [4.69, 9.17) is 26.8 Å². The van der Waals surface area contributed by atoms with Crippen LogP contribution in [0.3, 0.4) is 0 Å². The van der Waals surface area contributed by atoms with Crippen LogP contribution in [-0.2, 0) is 9.47 Å². The van der Waals surface area contributed by atoms with E-state index in [1.54, 1.807) is 0 Å². The van der Waals surface area contributed by atoms with E-state index in [0.29, 0.717) is 6.54 Å². The van der Waals surface area contributed by atoms with Crippen molar-refractivity contribution in [3.63, 3.8) is 0 Å². The van der Waals surface area contributed by atoms with Gasteiger partial charge in [0.15, 0.2) is 0 Å². The van der Waals surface area contributed by atoms with E-state index in [9.17, 15) is 0 Å². The molecule has 4 heteroatoms. The highest BCUT2D eigenvalue weighted by molar-refractivity contribution is 6.30. The maximum Gasteiger partial charge on any atom is 0.0950 e. The lowest BCUT2D eigenvalue weighted by atomic mass is 10.0. The predicted octanol–water partition coefficient (Wildman–Crippen LogP) is 3.31. The van der Waals surface area contributed by atoms with Gasteiger partial charge in [-0.1, -0.05) is 23.7 Å². The van der Waals surface area contributed by atoms with E-state index in [1.807, 2.05) is 24.3 Å². The summed E-state index contributed by atoms with van der Waals surface area (Å²) in [5, 5.41) is 0.729. The molecule has 1 saturated heterocycles. The Labute approximate surface area is 120 Å². The molecular weight excluding hydrogens is 262 g/mol. The fourth-order valence-electron chi connectivity index (χ4n) is 2.64.